The van der Waals surface area contributed by atoms with Crippen molar-refractivity contribution < 1.29 is 31.5 Å². The van der Waals surface area contributed by atoms with Gasteiger partial charge in [0.05, 0.1) is 27.3 Å². The molecule has 1 aromatic heterocycles. The highest BCUT2D eigenvalue weighted by atomic mass is 35.5. The van der Waals surface area contributed by atoms with E-state index >= 15 is 0 Å². The van der Waals surface area contributed by atoms with Crippen molar-refractivity contribution in [1.29, 1.82) is 0 Å². The molecule has 4 atom stereocenters. The van der Waals surface area contributed by atoms with Crippen molar-refractivity contribution in [2.75, 3.05) is 5.32 Å². The molecule has 37 heavy (non-hydrogen) atoms. The summed E-state index contributed by atoms with van der Waals surface area (Å²) in [5.74, 6) is -5.97. The predicted octanol–water partition coefficient (Wildman–Crippen LogP) is 4.60. The van der Waals surface area contributed by atoms with Crippen molar-refractivity contribution in [2.24, 2.45) is 11.8 Å². The van der Waals surface area contributed by atoms with E-state index < -0.39 is 44.0 Å². The molecule has 2 saturated carbocycles. The zero-order valence-corrected chi connectivity index (χ0v) is 20.9. The number of amides is 1. The lowest BCUT2D eigenvalue weighted by Gasteiger charge is -2.42. The van der Waals surface area contributed by atoms with E-state index in [1.54, 1.807) is 23.1 Å². The Hall–Kier alpha value is -2.89. The zero-order valence-electron chi connectivity index (χ0n) is 19.4. The molecule has 12 heteroatoms. The summed E-state index contributed by atoms with van der Waals surface area (Å²) in [6, 6.07) is 6.66. The molecule has 1 unspecified atom stereocenters. The molecule has 0 saturated heterocycles. The van der Waals surface area contributed by atoms with Crippen molar-refractivity contribution in [3.8, 4) is 0 Å². The van der Waals surface area contributed by atoms with Crippen LogP contribution in [0.25, 0.3) is 0 Å². The van der Waals surface area contributed by atoms with E-state index in [1.165, 1.54) is 12.1 Å². The SMILES string of the molecule is O=C(Nc1cc(F)c(F)c(F)c1)c1ccc(Cl)c(S(=O)(=O)[C@@H]2CC3CC[C@@H](C2)[C@@]3(O)Cn2cccn2)c1. The Morgan fingerprint density at radius 1 is 1.14 bits per heavy atom. The molecule has 5 rings (SSSR count). The average molecular weight is 554 g/mol. The maximum absolute atomic E-state index is 13.7. The maximum atomic E-state index is 13.7. The number of aromatic nitrogens is 2. The molecule has 2 aromatic carbocycles. The number of benzene rings is 2. The number of nitrogens with zero attached hydrogens (tertiary/aromatic N) is 2. The lowest BCUT2D eigenvalue weighted by atomic mass is 9.74. The molecule has 2 bridgehead atoms. The highest BCUT2D eigenvalue weighted by molar-refractivity contribution is 7.92. The quantitative estimate of drug-likeness (QED) is 0.435. The van der Waals surface area contributed by atoms with Crippen LogP contribution in [-0.4, -0.2) is 40.1 Å². The Bertz CT molecular complexity index is 1430. The van der Waals surface area contributed by atoms with Gasteiger partial charge in [0, 0.05) is 35.8 Å². The van der Waals surface area contributed by atoms with Gasteiger partial charge in [-0.05, 0) is 61.8 Å². The summed E-state index contributed by atoms with van der Waals surface area (Å²) in [7, 11) is -3.99. The predicted molar refractivity (Wildman–Crippen MR) is 129 cm³/mol. The van der Waals surface area contributed by atoms with Gasteiger partial charge in [0.25, 0.3) is 5.91 Å². The fraction of sp³-hybridized carbons (Fsp3) is 0.360. The Morgan fingerprint density at radius 2 is 1.78 bits per heavy atom. The number of hydrogen-bond acceptors (Lipinski definition) is 5. The summed E-state index contributed by atoms with van der Waals surface area (Å²) < 4.78 is 69.2. The molecule has 2 fully saturated rings. The molecule has 196 valence electrons. The van der Waals surface area contributed by atoms with E-state index in [-0.39, 0.29) is 52.4 Å². The topological polar surface area (TPSA) is 101 Å². The van der Waals surface area contributed by atoms with Crippen LogP contribution in [0.15, 0.2) is 53.7 Å². The standard InChI is InChI=1S/C25H23ClF3N3O4S/c26-19-5-2-14(24(33)31-17-11-20(27)23(29)21(28)12-17)8-22(19)37(35,36)18-9-15-3-4-16(10-18)25(15,34)13-32-7-1-6-30-32/h1-2,5-8,11-12,15-16,18,34H,3-4,9-10,13H2,(H,31,33)/t15-,16?,18-,25-/m0/s1. The fourth-order valence-corrected chi connectivity index (χ4v) is 8.05. The van der Waals surface area contributed by atoms with Crippen LogP contribution in [0.3, 0.4) is 0 Å². The first-order valence-corrected chi connectivity index (χ1v) is 13.6. The maximum Gasteiger partial charge on any atom is 0.255 e. The first-order valence-electron chi connectivity index (χ1n) is 11.7. The number of sulfone groups is 1. The average Bonchev–Trinajstić information content (AvgIpc) is 3.36. The van der Waals surface area contributed by atoms with Crippen molar-refractivity contribution in [1.82, 2.24) is 9.78 Å². The number of carbonyl (C=O) groups excluding carboxylic acids is 1. The van der Waals surface area contributed by atoms with E-state index in [0.717, 1.165) is 6.07 Å². The number of halogens is 4. The van der Waals surface area contributed by atoms with Crippen LogP contribution in [0.2, 0.25) is 5.02 Å². The zero-order chi connectivity index (χ0) is 26.5. The van der Waals surface area contributed by atoms with Gasteiger partial charge in [0.15, 0.2) is 27.3 Å². The van der Waals surface area contributed by atoms with Crippen LogP contribution < -0.4 is 5.32 Å². The Morgan fingerprint density at radius 3 is 2.38 bits per heavy atom. The third kappa shape index (κ3) is 4.64. The molecule has 3 aromatic rings. The summed E-state index contributed by atoms with van der Waals surface area (Å²) >= 11 is 6.25. The third-order valence-electron chi connectivity index (χ3n) is 7.53. The highest BCUT2D eigenvalue weighted by Gasteiger charge is 2.56. The summed E-state index contributed by atoms with van der Waals surface area (Å²) in [5, 5.41) is 17.0. The minimum absolute atomic E-state index is 0.0693. The molecule has 0 radical (unpaired) electrons. The minimum atomic E-state index is -3.99. The van der Waals surface area contributed by atoms with Crippen molar-refractivity contribution in [3.63, 3.8) is 0 Å². The van der Waals surface area contributed by atoms with Crippen molar-refractivity contribution in [2.45, 2.75) is 48.0 Å². The lowest BCUT2D eigenvalue weighted by Crippen LogP contribution is -2.50. The molecule has 0 aliphatic heterocycles. The molecule has 1 amide bonds. The summed E-state index contributed by atoms with van der Waals surface area (Å²) in [6.07, 6.45) is 5.22. The molecule has 2 aliphatic rings. The van der Waals surface area contributed by atoms with Gasteiger partial charge in [-0.3, -0.25) is 9.48 Å². The van der Waals surface area contributed by atoms with Crippen molar-refractivity contribution >= 4 is 33.0 Å². The van der Waals surface area contributed by atoms with E-state index in [2.05, 4.69) is 10.4 Å². The van der Waals surface area contributed by atoms with E-state index in [0.29, 0.717) is 25.0 Å². The van der Waals surface area contributed by atoms with Crippen LogP contribution in [-0.2, 0) is 16.4 Å². The van der Waals surface area contributed by atoms with Crippen LogP contribution in [0.4, 0.5) is 18.9 Å². The fourth-order valence-electron chi connectivity index (χ4n) is 5.65. The smallest absolute Gasteiger partial charge is 0.255 e. The number of rotatable bonds is 6. The normalized spacial score (nSPS) is 25.3. The van der Waals surface area contributed by atoms with Crippen LogP contribution in [0.5, 0.6) is 0 Å². The van der Waals surface area contributed by atoms with Gasteiger partial charge in [-0.2, -0.15) is 5.10 Å². The van der Waals surface area contributed by atoms with Gasteiger partial charge in [-0.1, -0.05) is 11.6 Å². The number of aliphatic hydroxyl groups is 1. The van der Waals surface area contributed by atoms with Gasteiger partial charge in [0.2, 0.25) is 0 Å². The second-order valence-electron chi connectivity index (χ2n) is 9.66. The number of nitrogens with one attached hydrogen (secondary N) is 1. The first-order chi connectivity index (χ1) is 17.5. The number of hydrogen-bond donors (Lipinski definition) is 2. The van der Waals surface area contributed by atoms with Gasteiger partial charge < -0.3 is 10.4 Å². The number of fused-ring (bicyclic) bond motifs is 2. The molecule has 0 spiro atoms. The Kier molecular flexibility index (Phi) is 6.57. The van der Waals surface area contributed by atoms with Gasteiger partial charge in [0.1, 0.15) is 0 Å². The third-order valence-corrected chi connectivity index (χ3v) is 10.2. The monoisotopic (exact) mass is 553 g/mol. The van der Waals surface area contributed by atoms with Crippen LogP contribution in [0, 0.1) is 29.3 Å². The van der Waals surface area contributed by atoms with Crippen LogP contribution in [0.1, 0.15) is 36.0 Å². The number of anilines is 1. The summed E-state index contributed by atoms with van der Waals surface area (Å²) in [4.78, 5) is 12.5. The van der Waals surface area contributed by atoms with Crippen LogP contribution >= 0.6 is 11.6 Å². The number of carbonyl (C=O) groups is 1. The highest BCUT2D eigenvalue weighted by Crippen LogP contribution is 2.52. The molecular formula is C25H23ClF3N3O4S. The lowest BCUT2D eigenvalue weighted by molar-refractivity contribution is -0.0735. The molecule has 7 nitrogen and oxygen atoms in total. The minimum Gasteiger partial charge on any atom is -0.387 e. The van der Waals surface area contributed by atoms with Gasteiger partial charge in [-0.25, -0.2) is 21.6 Å². The molecular weight excluding hydrogens is 531 g/mol. The first kappa shape index (κ1) is 25.7. The second kappa shape index (κ2) is 9.45. The largest absolute Gasteiger partial charge is 0.387 e. The second-order valence-corrected chi connectivity index (χ2v) is 12.3. The van der Waals surface area contributed by atoms with Crippen molar-refractivity contribution in [3.05, 3.63) is 76.8 Å². The van der Waals surface area contributed by atoms with Gasteiger partial charge >= 0.3 is 0 Å². The molecule has 2 N–H and O–H groups in total. The summed E-state index contributed by atoms with van der Waals surface area (Å²) in [5.41, 5.74) is -1.51. The summed E-state index contributed by atoms with van der Waals surface area (Å²) in [6.45, 7) is 0.281. The van der Waals surface area contributed by atoms with E-state index in [4.69, 9.17) is 11.6 Å². The Balaban J connectivity index is 1.38. The van der Waals surface area contributed by atoms with E-state index in [9.17, 15) is 31.5 Å². The molecule has 2 aliphatic carbocycles. The van der Waals surface area contributed by atoms with E-state index in [1.807, 2.05) is 0 Å². The Labute approximate surface area is 216 Å². The molecule has 1 heterocycles. The van der Waals surface area contributed by atoms with Gasteiger partial charge in [-0.15, -0.1) is 0 Å².